The van der Waals surface area contributed by atoms with E-state index in [2.05, 4.69) is 32.0 Å². The van der Waals surface area contributed by atoms with E-state index in [0.717, 1.165) is 50.9 Å². The predicted octanol–water partition coefficient (Wildman–Crippen LogP) is 1.38. The normalized spacial score (nSPS) is 22.8. The molecule has 9 heteroatoms. The zero-order chi connectivity index (χ0) is 23.3. The molecule has 3 rings (SSSR count). The third kappa shape index (κ3) is 5.75. The van der Waals surface area contributed by atoms with Crippen molar-refractivity contribution in [2.24, 2.45) is 11.8 Å². The largest absolute Gasteiger partial charge is 0.368 e. The van der Waals surface area contributed by atoms with Gasteiger partial charge in [-0.2, -0.15) is 0 Å². The van der Waals surface area contributed by atoms with Gasteiger partial charge in [0.1, 0.15) is 0 Å². The Balaban J connectivity index is 1.78. The summed E-state index contributed by atoms with van der Waals surface area (Å²) in [6.45, 7) is 7.46. The van der Waals surface area contributed by atoms with E-state index >= 15 is 0 Å². The second kappa shape index (κ2) is 11.0. The van der Waals surface area contributed by atoms with Gasteiger partial charge in [0, 0.05) is 37.6 Å². The van der Waals surface area contributed by atoms with Crippen molar-refractivity contribution in [2.75, 3.05) is 52.6 Å². The van der Waals surface area contributed by atoms with Crippen LogP contribution in [0.15, 0.2) is 6.20 Å². The first-order valence-corrected chi connectivity index (χ1v) is 11.9. The monoisotopic (exact) mass is 445 g/mol. The standard InChI is InChI=1S/C23H39N7O2/c1-5-8-29-15-18(21(31)30(23(32)25-6-2)10-7-9-28(3)4)11-16-12-19-17(13-20(16)29)14-26-22(24)27-19/h14,16,18,20H,5-13,15H2,1-4H3,(H,25,32)(H2,24,26,27)/t16-,18-,20-/m1/s1. The highest BCUT2D eigenvalue weighted by molar-refractivity contribution is 5.95. The number of amides is 3. The maximum Gasteiger partial charge on any atom is 0.324 e. The SMILES string of the molecule is CCCN1C[C@H](C(=O)N(CCCN(C)C)C(=O)NCC)C[C@@H]2Cc3nc(N)ncc3C[C@H]21. The van der Waals surface area contributed by atoms with Gasteiger partial charge in [0.2, 0.25) is 11.9 Å². The van der Waals surface area contributed by atoms with Crippen LogP contribution in [0.5, 0.6) is 0 Å². The Kier molecular flexibility index (Phi) is 8.42. The minimum atomic E-state index is -0.282. The topological polar surface area (TPSA) is 108 Å². The van der Waals surface area contributed by atoms with E-state index in [1.807, 2.05) is 27.2 Å². The van der Waals surface area contributed by atoms with E-state index in [4.69, 9.17) is 5.73 Å². The number of rotatable bonds is 8. The number of nitrogens with zero attached hydrogens (tertiary/aromatic N) is 5. The number of urea groups is 1. The lowest BCUT2D eigenvalue weighted by Crippen LogP contribution is -2.57. The number of nitrogens with two attached hydrogens (primary N) is 1. The first kappa shape index (κ1) is 24.4. The van der Waals surface area contributed by atoms with Gasteiger partial charge in [0.05, 0.1) is 5.92 Å². The molecule has 1 saturated heterocycles. The lowest BCUT2D eigenvalue weighted by Gasteiger charge is -2.47. The average Bonchev–Trinajstić information content (AvgIpc) is 2.75. The Morgan fingerprint density at radius 3 is 2.72 bits per heavy atom. The molecule has 178 valence electrons. The van der Waals surface area contributed by atoms with Gasteiger partial charge in [-0.3, -0.25) is 14.6 Å². The number of nitrogens with one attached hydrogen (secondary N) is 1. The zero-order valence-corrected chi connectivity index (χ0v) is 20.0. The molecule has 0 unspecified atom stereocenters. The highest BCUT2D eigenvalue weighted by Gasteiger charge is 2.43. The molecule has 1 fully saturated rings. The number of likely N-dealkylation sites (tertiary alicyclic amines) is 1. The van der Waals surface area contributed by atoms with Crippen LogP contribution in [0.1, 0.15) is 44.4 Å². The summed E-state index contributed by atoms with van der Waals surface area (Å²) in [5.41, 5.74) is 8.00. The molecule has 3 atom stereocenters. The molecule has 0 aromatic carbocycles. The summed E-state index contributed by atoms with van der Waals surface area (Å²) in [6.07, 6.45) is 6.12. The number of carbonyl (C=O) groups is 2. The van der Waals surface area contributed by atoms with Crippen LogP contribution in [0.25, 0.3) is 0 Å². The van der Waals surface area contributed by atoms with Crippen molar-refractivity contribution in [1.29, 1.82) is 0 Å². The average molecular weight is 446 g/mol. The van der Waals surface area contributed by atoms with Crippen LogP contribution in [0.3, 0.4) is 0 Å². The van der Waals surface area contributed by atoms with Crippen molar-refractivity contribution in [2.45, 2.75) is 52.0 Å². The molecule has 3 amide bonds. The number of hydrogen-bond donors (Lipinski definition) is 2. The Morgan fingerprint density at radius 2 is 2.03 bits per heavy atom. The van der Waals surface area contributed by atoms with Crippen LogP contribution in [-0.2, 0) is 17.6 Å². The van der Waals surface area contributed by atoms with E-state index < -0.39 is 0 Å². The van der Waals surface area contributed by atoms with E-state index in [1.54, 1.807) is 0 Å². The minimum absolute atomic E-state index is 0.0535. The van der Waals surface area contributed by atoms with Gasteiger partial charge in [-0.25, -0.2) is 14.8 Å². The van der Waals surface area contributed by atoms with E-state index in [0.29, 0.717) is 37.5 Å². The summed E-state index contributed by atoms with van der Waals surface area (Å²) in [4.78, 5) is 40.9. The Hall–Kier alpha value is -2.26. The Morgan fingerprint density at radius 1 is 1.25 bits per heavy atom. The predicted molar refractivity (Wildman–Crippen MR) is 125 cm³/mol. The van der Waals surface area contributed by atoms with Gasteiger partial charge in [-0.1, -0.05) is 6.92 Å². The van der Waals surface area contributed by atoms with Gasteiger partial charge in [0.15, 0.2) is 0 Å². The molecule has 0 bridgehead atoms. The summed E-state index contributed by atoms with van der Waals surface area (Å²) >= 11 is 0. The number of nitrogen functional groups attached to an aromatic ring is 1. The van der Waals surface area contributed by atoms with Crippen molar-refractivity contribution in [1.82, 2.24) is 30.0 Å². The molecule has 2 aliphatic rings. The van der Waals surface area contributed by atoms with Crippen LogP contribution in [0.4, 0.5) is 10.7 Å². The highest BCUT2D eigenvalue weighted by atomic mass is 16.2. The van der Waals surface area contributed by atoms with E-state index in [9.17, 15) is 9.59 Å². The summed E-state index contributed by atoms with van der Waals surface area (Å²) in [5, 5.41) is 2.82. The number of carbonyl (C=O) groups excluding carboxylic acids is 2. The fourth-order valence-electron chi connectivity index (χ4n) is 5.15. The molecule has 0 saturated carbocycles. The molecule has 2 heterocycles. The molecule has 9 nitrogen and oxygen atoms in total. The first-order valence-electron chi connectivity index (χ1n) is 11.9. The van der Waals surface area contributed by atoms with Crippen LogP contribution in [0, 0.1) is 11.8 Å². The van der Waals surface area contributed by atoms with E-state index in [1.165, 1.54) is 10.5 Å². The molecule has 3 N–H and O–H groups in total. The van der Waals surface area contributed by atoms with Gasteiger partial charge < -0.3 is 16.0 Å². The fourth-order valence-corrected chi connectivity index (χ4v) is 5.15. The van der Waals surface area contributed by atoms with Crippen LogP contribution < -0.4 is 11.1 Å². The smallest absolute Gasteiger partial charge is 0.324 e. The highest BCUT2D eigenvalue weighted by Crippen LogP contribution is 2.37. The molecule has 32 heavy (non-hydrogen) atoms. The van der Waals surface area contributed by atoms with Gasteiger partial charge in [-0.15, -0.1) is 0 Å². The number of imide groups is 1. The van der Waals surface area contributed by atoms with E-state index in [-0.39, 0.29) is 17.9 Å². The second-order valence-electron chi connectivity index (χ2n) is 9.35. The lowest BCUT2D eigenvalue weighted by molar-refractivity contribution is -0.136. The van der Waals surface area contributed by atoms with Crippen LogP contribution in [-0.4, -0.2) is 89.5 Å². The van der Waals surface area contributed by atoms with Crippen molar-refractivity contribution in [3.63, 3.8) is 0 Å². The van der Waals surface area contributed by atoms with Crippen LogP contribution in [0.2, 0.25) is 0 Å². The molecule has 0 radical (unpaired) electrons. The second-order valence-corrected chi connectivity index (χ2v) is 9.35. The molecular formula is C23H39N7O2. The van der Waals surface area contributed by atoms with Gasteiger partial charge in [0.25, 0.3) is 0 Å². The first-order chi connectivity index (χ1) is 15.3. The third-order valence-corrected chi connectivity index (χ3v) is 6.60. The Bertz CT molecular complexity index is 801. The van der Waals surface area contributed by atoms with Crippen LogP contribution >= 0.6 is 0 Å². The van der Waals surface area contributed by atoms with Crippen molar-refractivity contribution in [3.05, 3.63) is 17.5 Å². The number of hydrogen-bond acceptors (Lipinski definition) is 7. The van der Waals surface area contributed by atoms with Gasteiger partial charge in [-0.05, 0) is 77.7 Å². The number of anilines is 1. The molecule has 1 aliphatic heterocycles. The number of piperidine rings is 1. The maximum absolute atomic E-state index is 13.6. The Labute approximate surface area is 191 Å². The number of fused-ring (bicyclic) bond motifs is 2. The molecular weight excluding hydrogens is 406 g/mol. The molecule has 1 aromatic heterocycles. The zero-order valence-electron chi connectivity index (χ0n) is 20.0. The quantitative estimate of drug-likeness (QED) is 0.622. The number of aromatic nitrogens is 2. The van der Waals surface area contributed by atoms with Crippen molar-refractivity contribution < 1.29 is 9.59 Å². The summed E-state index contributed by atoms with van der Waals surface area (Å²) in [7, 11) is 4.00. The molecule has 1 aromatic rings. The van der Waals surface area contributed by atoms with Crippen molar-refractivity contribution in [3.8, 4) is 0 Å². The summed E-state index contributed by atoms with van der Waals surface area (Å²) in [5.74, 6) is 0.385. The summed E-state index contributed by atoms with van der Waals surface area (Å²) < 4.78 is 0. The molecule has 0 spiro atoms. The van der Waals surface area contributed by atoms with Gasteiger partial charge >= 0.3 is 6.03 Å². The summed E-state index contributed by atoms with van der Waals surface area (Å²) in [6, 6.07) is 0.0975. The minimum Gasteiger partial charge on any atom is -0.368 e. The molecule has 1 aliphatic carbocycles. The fraction of sp³-hybridized carbons (Fsp3) is 0.739. The lowest BCUT2D eigenvalue weighted by atomic mass is 9.73. The maximum atomic E-state index is 13.6. The van der Waals surface area contributed by atoms with Crippen molar-refractivity contribution >= 4 is 17.9 Å². The third-order valence-electron chi connectivity index (χ3n) is 6.60.